The smallest absolute Gasteiger partial charge is 0.127 e. The number of hydrogen-bond acceptors (Lipinski definition) is 1. The van der Waals surface area contributed by atoms with Crippen LogP contribution < -0.4 is 5.32 Å². The van der Waals surface area contributed by atoms with Crippen molar-refractivity contribution in [1.82, 2.24) is 5.32 Å². The normalized spacial score (nSPS) is 29.2. The van der Waals surface area contributed by atoms with Gasteiger partial charge in [-0.1, -0.05) is 44.9 Å². The van der Waals surface area contributed by atoms with Gasteiger partial charge in [-0.2, -0.15) is 0 Å². The lowest BCUT2D eigenvalue weighted by Crippen LogP contribution is -2.40. The van der Waals surface area contributed by atoms with Crippen molar-refractivity contribution in [2.45, 2.75) is 45.7 Å². The summed E-state index contributed by atoms with van der Waals surface area (Å²) in [5.74, 6) is 1.37. The van der Waals surface area contributed by atoms with Crippen molar-refractivity contribution in [3.63, 3.8) is 0 Å². The van der Waals surface area contributed by atoms with Crippen molar-refractivity contribution in [1.29, 1.82) is 0 Å². The SMILES string of the molecule is CC1CCCC(NCc2ccccc2F)C1C. The highest BCUT2D eigenvalue weighted by Gasteiger charge is 2.26. The lowest BCUT2D eigenvalue weighted by molar-refractivity contribution is 0.205. The van der Waals surface area contributed by atoms with Gasteiger partial charge in [-0.25, -0.2) is 4.39 Å². The predicted octanol–water partition coefficient (Wildman–Crippen LogP) is 3.74. The van der Waals surface area contributed by atoms with Gasteiger partial charge in [-0.3, -0.25) is 0 Å². The van der Waals surface area contributed by atoms with E-state index in [1.165, 1.54) is 25.3 Å². The predicted molar refractivity (Wildman–Crippen MR) is 69.2 cm³/mol. The summed E-state index contributed by atoms with van der Waals surface area (Å²) in [7, 11) is 0. The maximum atomic E-state index is 13.5. The molecule has 1 nitrogen and oxygen atoms in total. The molecule has 1 fully saturated rings. The van der Waals surface area contributed by atoms with Crippen LogP contribution in [0.2, 0.25) is 0 Å². The van der Waals surface area contributed by atoms with Gasteiger partial charge >= 0.3 is 0 Å². The van der Waals surface area contributed by atoms with Crippen LogP contribution in [0.25, 0.3) is 0 Å². The van der Waals surface area contributed by atoms with Crippen LogP contribution in [0.1, 0.15) is 38.7 Å². The summed E-state index contributed by atoms with van der Waals surface area (Å²) in [4.78, 5) is 0. The van der Waals surface area contributed by atoms with Crippen LogP contribution in [-0.2, 0) is 6.54 Å². The molecule has 2 heteroatoms. The minimum absolute atomic E-state index is 0.100. The van der Waals surface area contributed by atoms with Gasteiger partial charge in [0.15, 0.2) is 0 Å². The van der Waals surface area contributed by atoms with Crippen LogP contribution in [-0.4, -0.2) is 6.04 Å². The van der Waals surface area contributed by atoms with E-state index in [1.54, 1.807) is 6.07 Å². The number of nitrogens with one attached hydrogen (secondary N) is 1. The Morgan fingerprint density at radius 2 is 2.00 bits per heavy atom. The van der Waals surface area contributed by atoms with Crippen LogP contribution in [0.4, 0.5) is 4.39 Å². The first-order chi connectivity index (χ1) is 8.18. The van der Waals surface area contributed by atoms with E-state index in [-0.39, 0.29) is 5.82 Å². The Labute approximate surface area is 103 Å². The monoisotopic (exact) mass is 235 g/mol. The number of halogens is 1. The molecule has 0 amide bonds. The summed E-state index contributed by atoms with van der Waals surface area (Å²) >= 11 is 0. The van der Waals surface area contributed by atoms with Crippen molar-refractivity contribution < 1.29 is 4.39 Å². The Bertz CT molecular complexity index is 364. The van der Waals surface area contributed by atoms with Gasteiger partial charge in [0.2, 0.25) is 0 Å². The second-order valence-electron chi connectivity index (χ2n) is 5.35. The molecule has 0 saturated heterocycles. The molecular formula is C15H22FN. The molecule has 1 saturated carbocycles. The molecular weight excluding hydrogens is 213 g/mol. The van der Waals surface area contributed by atoms with Crippen molar-refractivity contribution in [3.05, 3.63) is 35.6 Å². The Morgan fingerprint density at radius 3 is 2.76 bits per heavy atom. The molecule has 1 N–H and O–H groups in total. The minimum atomic E-state index is -0.100. The van der Waals surface area contributed by atoms with Gasteiger partial charge in [-0.05, 0) is 24.3 Å². The van der Waals surface area contributed by atoms with Gasteiger partial charge in [-0.15, -0.1) is 0 Å². The maximum absolute atomic E-state index is 13.5. The van der Waals surface area contributed by atoms with E-state index in [0.29, 0.717) is 18.5 Å². The summed E-state index contributed by atoms with van der Waals surface area (Å²) in [6.07, 6.45) is 3.85. The van der Waals surface area contributed by atoms with Crippen molar-refractivity contribution >= 4 is 0 Å². The fourth-order valence-electron chi connectivity index (χ4n) is 2.75. The van der Waals surface area contributed by atoms with Crippen molar-refractivity contribution in [2.75, 3.05) is 0 Å². The van der Waals surface area contributed by atoms with Crippen molar-refractivity contribution in [3.8, 4) is 0 Å². The summed E-state index contributed by atoms with van der Waals surface area (Å²) in [5.41, 5.74) is 0.776. The number of hydrogen-bond donors (Lipinski definition) is 1. The summed E-state index contributed by atoms with van der Waals surface area (Å²) in [6, 6.07) is 7.57. The molecule has 0 spiro atoms. The van der Waals surface area contributed by atoms with Crippen LogP contribution >= 0.6 is 0 Å². The lowest BCUT2D eigenvalue weighted by Gasteiger charge is -2.34. The van der Waals surface area contributed by atoms with E-state index < -0.39 is 0 Å². The highest BCUT2D eigenvalue weighted by molar-refractivity contribution is 5.17. The van der Waals surface area contributed by atoms with Gasteiger partial charge in [0.25, 0.3) is 0 Å². The largest absolute Gasteiger partial charge is 0.310 e. The molecule has 1 aliphatic rings. The molecule has 0 heterocycles. The highest BCUT2D eigenvalue weighted by Crippen LogP contribution is 2.29. The maximum Gasteiger partial charge on any atom is 0.127 e. The molecule has 94 valence electrons. The summed E-state index contributed by atoms with van der Waals surface area (Å²) in [6.45, 7) is 5.28. The molecule has 1 aromatic carbocycles. The zero-order valence-electron chi connectivity index (χ0n) is 10.7. The average molecular weight is 235 g/mol. The molecule has 2 rings (SSSR count). The van der Waals surface area contributed by atoms with E-state index in [0.717, 1.165) is 11.5 Å². The minimum Gasteiger partial charge on any atom is -0.310 e. The Kier molecular flexibility index (Phi) is 4.16. The molecule has 17 heavy (non-hydrogen) atoms. The Balaban J connectivity index is 1.92. The second kappa shape index (κ2) is 5.63. The van der Waals surface area contributed by atoms with Crippen LogP contribution in [0.15, 0.2) is 24.3 Å². The third kappa shape index (κ3) is 3.06. The average Bonchev–Trinajstić information content (AvgIpc) is 2.33. The second-order valence-corrected chi connectivity index (χ2v) is 5.35. The van der Waals surface area contributed by atoms with E-state index in [2.05, 4.69) is 19.2 Å². The van der Waals surface area contributed by atoms with E-state index in [1.807, 2.05) is 12.1 Å². The summed E-state index contributed by atoms with van der Waals surface area (Å²) in [5, 5.41) is 3.52. The number of benzene rings is 1. The first-order valence-electron chi connectivity index (χ1n) is 6.65. The molecule has 1 aromatic rings. The standard InChI is InChI=1S/C15H22FN/c1-11-6-5-9-15(12(11)2)17-10-13-7-3-4-8-14(13)16/h3-4,7-8,11-12,15,17H,5-6,9-10H2,1-2H3. The lowest BCUT2D eigenvalue weighted by atomic mass is 9.78. The third-order valence-electron chi connectivity index (χ3n) is 4.22. The highest BCUT2D eigenvalue weighted by atomic mass is 19.1. The molecule has 0 bridgehead atoms. The van der Waals surface area contributed by atoms with Crippen LogP contribution in [0.3, 0.4) is 0 Å². The number of rotatable bonds is 3. The molecule has 0 aromatic heterocycles. The fraction of sp³-hybridized carbons (Fsp3) is 0.600. The first kappa shape index (κ1) is 12.6. The zero-order chi connectivity index (χ0) is 12.3. The van der Waals surface area contributed by atoms with Gasteiger partial charge in [0.05, 0.1) is 0 Å². The Morgan fingerprint density at radius 1 is 1.24 bits per heavy atom. The summed E-state index contributed by atoms with van der Waals surface area (Å²) < 4.78 is 13.5. The van der Waals surface area contributed by atoms with Gasteiger partial charge < -0.3 is 5.32 Å². The quantitative estimate of drug-likeness (QED) is 0.841. The zero-order valence-corrected chi connectivity index (χ0v) is 10.7. The van der Waals surface area contributed by atoms with Gasteiger partial charge in [0, 0.05) is 18.2 Å². The van der Waals surface area contributed by atoms with Crippen LogP contribution in [0, 0.1) is 17.7 Å². The van der Waals surface area contributed by atoms with E-state index >= 15 is 0 Å². The Hall–Kier alpha value is -0.890. The van der Waals surface area contributed by atoms with E-state index in [9.17, 15) is 4.39 Å². The molecule has 3 unspecified atom stereocenters. The molecule has 1 aliphatic carbocycles. The molecule has 3 atom stereocenters. The molecule has 0 radical (unpaired) electrons. The molecule has 0 aliphatic heterocycles. The topological polar surface area (TPSA) is 12.0 Å². The van der Waals surface area contributed by atoms with Crippen LogP contribution in [0.5, 0.6) is 0 Å². The van der Waals surface area contributed by atoms with E-state index in [4.69, 9.17) is 0 Å². The first-order valence-corrected chi connectivity index (χ1v) is 6.65. The fourth-order valence-corrected chi connectivity index (χ4v) is 2.75. The van der Waals surface area contributed by atoms with Gasteiger partial charge in [0.1, 0.15) is 5.82 Å². The van der Waals surface area contributed by atoms with Crippen molar-refractivity contribution in [2.24, 2.45) is 11.8 Å². The third-order valence-corrected chi connectivity index (χ3v) is 4.22.